The summed E-state index contributed by atoms with van der Waals surface area (Å²) in [6.07, 6.45) is 4.42. The van der Waals surface area contributed by atoms with Gasteiger partial charge in [0.25, 0.3) is 5.01 Å². The van der Waals surface area contributed by atoms with Crippen LogP contribution in [0.3, 0.4) is 0 Å². The molecule has 0 bridgehead atoms. The lowest BCUT2D eigenvalue weighted by Gasteiger charge is -2.14. The van der Waals surface area contributed by atoms with Crippen molar-refractivity contribution in [3.05, 3.63) is 69.5 Å². The Morgan fingerprint density at radius 1 is 0.900 bits per heavy atom. The molecule has 0 aliphatic rings. The molecule has 160 valence electrons. The van der Waals surface area contributed by atoms with Crippen LogP contribution in [0.25, 0.3) is 23.4 Å². The summed E-state index contributed by atoms with van der Waals surface area (Å²) < 4.78 is 2.32. The van der Waals surface area contributed by atoms with Crippen LogP contribution in [0.15, 0.2) is 47.8 Å². The van der Waals surface area contributed by atoms with Crippen molar-refractivity contribution >= 4 is 29.2 Å². The van der Waals surface area contributed by atoms with Gasteiger partial charge in [-0.05, 0) is 52.8 Å². The van der Waals surface area contributed by atoms with Crippen molar-refractivity contribution in [2.24, 2.45) is 7.05 Å². The van der Waals surface area contributed by atoms with Gasteiger partial charge >= 0.3 is 0 Å². The van der Waals surface area contributed by atoms with Gasteiger partial charge in [0.1, 0.15) is 7.05 Å². The summed E-state index contributed by atoms with van der Waals surface area (Å²) in [4.78, 5) is 2.12. The van der Waals surface area contributed by atoms with Crippen LogP contribution in [0.4, 0.5) is 5.69 Å². The Balaban J connectivity index is 0.00000320. The number of aromatic nitrogens is 1. The molecule has 1 heterocycles. The Morgan fingerprint density at radius 3 is 2.13 bits per heavy atom. The molecule has 0 unspecified atom stereocenters. The standard InChI is InChI=1S/C26H33N2S.HI/c1-18(2)21-11-14-23(19(3)4)24(16-21)25-17-29-26(28(25)7)15-10-20-8-12-22(13-9-20)27(5)6;/h8-19H,1-7H3;1H/q+1;/p-1. The Bertz CT molecular complexity index is 998. The lowest BCUT2D eigenvalue weighted by Crippen LogP contribution is -3.00. The van der Waals surface area contributed by atoms with Crippen LogP contribution in [-0.2, 0) is 7.05 Å². The average molecular weight is 533 g/mol. The first-order valence-corrected chi connectivity index (χ1v) is 11.2. The highest BCUT2D eigenvalue weighted by atomic mass is 127. The van der Waals surface area contributed by atoms with E-state index >= 15 is 0 Å². The van der Waals surface area contributed by atoms with Gasteiger partial charge in [0, 0.05) is 25.9 Å². The van der Waals surface area contributed by atoms with Crippen LogP contribution in [0, 0.1) is 0 Å². The molecule has 30 heavy (non-hydrogen) atoms. The van der Waals surface area contributed by atoms with Crippen LogP contribution in [0.5, 0.6) is 0 Å². The molecule has 0 spiro atoms. The van der Waals surface area contributed by atoms with E-state index < -0.39 is 0 Å². The van der Waals surface area contributed by atoms with Gasteiger partial charge < -0.3 is 28.9 Å². The summed E-state index contributed by atoms with van der Waals surface area (Å²) in [5.41, 5.74) is 7.91. The second-order valence-electron chi connectivity index (χ2n) is 8.49. The Hall–Kier alpha value is -1.66. The highest BCUT2D eigenvalue weighted by molar-refractivity contribution is 7.10. The normalized spacial score (nSPS) is 11.4. The van der Waals surface area contributed by atoms with Crippen LogP contribution >= 0.6 is 11.3 Å². The van der Waals surface area contributed by atoms with E-state index in [1.54, 1.807) is 11.3 Å². The van der Waals surface area contributed by atoms with E-state index in [4.69, 9.17) is 0 Å². The Kier molecular flexibility index (Phi) is 8.68. The predicted molar refractivity (Wildman–Crippen MR) is 129 cm³/mol. The number of anilines is 1. The largest absolute Gasteiger partial charge is 1.00 e. The van der Waals surface area contributed by atoms with Crippen molar-refractivity contribution in [3.63, 3.8) is 0 Å². The molecule has 2 nitrogen and oxygen atoms in total. The smallest absolute Gasteiger partial charge is 0.261 e. The number of hydrogen-bond donors (Lipinski definition) is 0. The molecule has 0 amide bonds. The van der Waals surface area contributed by atoms with E-state index in [2.05, 4.69) is 118 Å². The third kappa shape index (κ3) is 5.52. The van der Waals surface area contributed by atoms with Crippen LogP contribution in [0.1, 0.15) is 61.2 Å². The van der Waals surface area contributed by atoms with Gasteiger partial charge in [-0.1, -0.05) is 63.3 Å². The summed E-state index contributed by atoms with van der Waals surface area (Å²) in [5, 5.41) is 3.54. The van der Waals surface area contributed by atoms with Crippen molar-refractivity contribution in [2.45, 2.75) is 39.5 Å². The molecule has 2 aromatic carbocycles. The molecule has 4 heteroatoms. The van der Waals surface area contributed by atoms with Crippen molar-refractivity contribution in [1.82, 2.24) is 0 Å². The van der Waals surface area contributed by atoms with Gasteiger partial charge in [0.05, 0.1) is 10.9 Å². The van der Waals surface area contributed by atoms with Gasteiger partial charge in [-0.2, -0.15) is 4.57 Å². The van der Waals surface area contributed by atoms with Crippen molar-refractivity contribution < 1.29 is 28.5 Å². The zero-order valence-electron chi connectivity index (χ0n) is 19.1. The van der Waals surface area contributed by atoms with Crippen molar-refractivity contribution in [2.75, 3.05) is 19.0 Å². The minimum atomic E-state index is 0. The van der Waals surface area contributed by atoms with E-state index in [1.165, 1.54) is 38.6 Å². The quantitative estimate of drug-likeness (QED) is 0.347. The summed E-state index contributed by atoms with van der Waals surface area (Å²) in [6, 6.07) is 15.6. The molecule has 0 radical (unpaired) electrons. The molecule has 0 N–H and O–H groups in total. The average Bonchev–Trinajstić information content (AvgIpc) is 3.06. The van der Waals surface area contributed by atoms with Gasteiger partial charge in [-0.15, -0.1) is 0 Å². The zero-order chi connectivity index (χ0) is 21.1. The molecular formula is C26H33IN2S. The van der Waals surface area contributed by atoms with E-state index in [0.29, 0.717) is 11.8 Å². The molecule has 0 aliphatic carbocycles. The molecule has 0 atom stereocenters. The lowest BCUT2D eigenvalue weighted by atomic mass is 9.91. The Morgan fingerprint density at radius 2 is 1.57 bits per heavy atom. The van der Waals surface area contributed by atoms with E-state index in [-0.39, 0.29) is 24.0 Å². The second-order valence-corrected chi connectivity index (χ2v) is 9.38. The van der Waals surface area contributed by atoms with Gasteiger partial charge in [0.2, 0.25) is 5.69 Å². The first-order valence-electron chi connectivity index (χ1n) is 10.3. The summed E-state index contributed by atoms with van der Waals surface area (Å²) in [5.74, 6) is 1.03. The maximum atomic E-state index is 2.38. The fraction of sp³-hybridized carbons (Fsp3) is 0.346. The fourth-order valence-electron chi connectivity index (χ4n) is 3.50. The number of thiazole rings is 1. The Labute approximate surface area is 203 Å². The van der Waals surface area contributed by atoms with Gasteiger partial charge in [0.15, 0.2) is 0 Å². The summed E-state index contributed by atoms with van der Waals surface area (Å²) >= 11 is 1.80. The number of nitrogens with zero attached hydrogens (tertiary/aromatic N) is 2. The number of rotatable bonds is 6. The van der Waals surface area contributed by atoms with Crippen LogP contribution < -0.4 is 33.4 Å². The second kappa shape index (κ2) is 10.6. The SMILES string of the molecule is CC(C)c1ccc(C(C)C)c(-c2csc(/C=C/c3ccc(N(C)C)cc3)[n+]2C)c1.[I-]. The summed E-state index contributed by atoms with van der Waals surface area (Å²) in [7, 11) is 6.31. The third-order valence-electron chi connectivity index (χ3n) is 5.45. The fourth-order valence-corrected chi connectivity index (χ4v) is 4.42. The monoisotopic (exact) mass is 532 g/mol. The number of hydrogen-bond acceptors (Lipinski definition) is 2. The first-order chi connectivity index (χ1) is 13.8. The maximum Gasteiger partial charge on any atom is 0.261 e. The number of halogens is 1. The third-order valence-corrected chi connectivity index (χ3v) is 6.45. The van der Waals surface area contributed by atoms with Gasteiger partial charge in [-0.25, -0.2) is 0 Å². The molecular weight excluding hydrogens is 499 g/mol. The number of benzene rings is 2. The van der Waals surface area contributed by atoms with Crippen LogP contribution in [0.2, 0.25) is 0 Å². The van der Waals surface area contributed by atoms with Crippen molar-refractivity contribution in [3.8, 4) is 11.3 Å². The van der Waals surface area contributed by atoms with Crippen molar-refractivity contribution in [1.29, 1.82) is 0 Å². The highest BCUT2D eigenvalue weighted by Gasteiger charge is 2.21. The topological polar surface area (TPSA) is 7.12 Å². The zero-order valence-corrected chi connectivity index (χ0v) is 22.1. The molecule has 0 fully saturated rings. The van der Waals surface area contributed by atoms with E-state index in [1.807, 2.05) is 0 Å². The lowest BCUT2D eigenvalue weighted by molar-refractivity contribution is -0.657. The summed E-state index contributed by atoms with van der Waals surface area (Å²) in [6.45, 7) is 9.08. The van der Waals surface area contributed by atoms with E-state index in [9.17, 15) is 0 Å². The minimum absolute atomic E-state index is 0. The molecule has 0 saturated heterocycles. The predicted octanol–water partition coefficient (Wildman–Crippen LogP) is 3.73. The van der Waals surface area contributed by atoms with E-state index in [0.717, 1.165) is 0 Å². The highest BCUT2D eigenvalue weighted by Crippen LogP contribution is 2.32. The molecule has 0 aliphatic heterocycles. The maximum absolute atomic E-state index is 2.38. The molecule has 3 rings (SSSR count). The molecule has 3 aromatic rings. The van der Waals surface area contributed by atoms with Gasteiger partial charge in [-0.3, -0.25) is 0 Å². The molecule has 1 aromatic heterocycles. The first kappa shape index (κ1) is 24.6. The van der Waals surface area contributed by atoms with Crippen LogP contribution in [-0.4, -0.2) is 14.1 Å². The minimum Gasteiger partial charge on any atom is -1.00 e. The molecule has 0 saturated carbocycles.